The molecule has 0 radical (unpaired) electrons. The molecule has 2 N–H and O–H groups in total. The highest BCUT2D eigenvalue weighted by Gasteiger charge is 2.18. The third-order valence-electron chi connectivity index (χ3n) is 3.63. The van der Waals surface area contributed by atoms with Crippen LogP contribution in [0.3, 0.4) is 0 Å². The van der Waals surface area contributed by atoms with Gasteiger partial charge in [0.2, 0.25) is 0 Å². The van der Waals surface area contributed by atoms with Gasteiger partial charge in [-0.25, -0.2) is 9.97 Å². The lowest BCUT2D eigenvalue weighted by Crippen LogP contribution is -2.26. The van der Waals surface area contributed by atoms with E-state index in [1.807, 2.05) is 12.3 Å². The van der Waals surface area contributed by atoms with Crippen molar-refractivity contribution in [2.45, 2.75) is 26.8 Å². The number of fused-ring (bicyclic) bond motifs is 1. The predicted molar refractivity (Wildman–Crippen MR) is 93.0 cm³/mol. The number of nitrogens with one attached hydrogen (secondary N) is 1. The van der Waals surface area contributed by atoms with Gasteiger partial charge in [-0.15, -0.1) is 11.3 Å². The summed E-state index contributed by atoms with van der Waals surface area (Å²) in [6.07, 6.45) is 0. The standard InChI is InChI=1S/C17H17N3O2S/c1-9-4-6-12(7-5-9)13-8-23-16-14(13)15(19-11(3)20-16)18-10(2)17(21)22/h4-8,10H,1-3H3,(H,21,22)(H,18,19,20). The van der Waals surface area contributed by atoms with Crippen molar-refractivity contribution in [1.29, 1.82) is 0 Å². The first kappa shape index (κ1) is 15.4. The second-order valence-electron chi connectivity index (χ2n) is 5.52. The molecule has 2 heterocycles. The van der Waals surface area contributed by atoms with Gasteiger partial charge in [0.15, 0.2) is 0 Å². The zero-order valence-electron chi connectivity index (χ0n) is 13.1. The van der Waals surface area contributed by atoms with Crippen LogP contribution in [0.5, 0.6) is 0 Å². The van der Waals surface area contributed by atoms with E-state index in [-0.39, 0.29) is 0 Å². The minimum absolute atomic E-state index is 0.569. The minimum Gasteiger partial charge on any atom is -0.480 e. The Balaban J connectivity index is 2.16. The van der Waals surface area contributed by atoms with E-state index in [9.17, 15) is 4.79 Å². The molecule has 0 fully saturated rings. The quantitative estimate of drug-likeness (QED) is 0.761. The number of thiophene rings is 1. The molecule has 23 heavy (non-hydrogen) atoms. The number of rotatable bonds is 4. The van der Waals surface area contributed by atoms with Crippen molar-refractivity contribution in [1.82, 2.24) is 9.97 Å². The number of carboxylic acids is 1. The average Bonchev–Trinajstić information content (AvgIpc) is 2.91. The molecule has 2 aromatic heterocycles. The first-order valence-electron chi connectivity index (χ1n) is 7.28. The van der Waals surface area contributed by atoms with E-state index in [4.69, 9.17) is 5.11 Å². The summed E-state index contributed by atoms with van der Waals surface area (Å²) in [6.45, 7) is 5.45. The fraction of sp³-hybridized carbons (Fsp3) is 0.235. The maximum absolute atomic E-state index is 11.2. The van der Waals surface area contributed by atoms with E-state index >= 15 is 0 Å². The van der Waals surface area contributed by atoms with Crippen LogP contribution >= 0.6 is 11.3 Å². The van der Waals surface area contributed by atoms with E-state index in [1.165, 1.54) is 16.9 Å². The first-order valence-corrected chi connectivity index (χ1v) is 8.16. The molecule has 118 valence electrons. The fourth-order valence-corrected chi connectivity index (χ4v) is 3.36. The van der Waals surface area contributed by atoms with Crippen LogP contribution in [0.2, 0.25) is 0 Å². The Bertz CT molecular complexity index is 871. The van der Waals surface area contributed by atoms with Crippen molar-refractivity contribution in [3.8, 4) is 11.1 Å². The molecule has 1 atom stereocenters. The molecular weight excluding hydrogens is 310 g/mol. The number of aromatic nitrogens is 2. The summed E-state index contributed by atoms with van der Waals surface area (Å²) in [6, 6.07) is 7.50. The lowest BCUT2D eigenvalue weighted by molar-refractivity contribution is -0.137. The number of aliphatic carboxylic acids is 1. The second-order valence-corrected chi connectivity index (χ2v) is 6.38. The van der Waals surface area contributed by atoms with Gasteiger partial charge in [-0.1, -0.05) is 29.8 Å². The van der Waals surface area contributed by atoms with Crippen LogP contribution < -0.4 is 5.32 Å². The number of aryl methyl sites for hydroxylation is 2. The Morgan fingerprint density at radius 2 is 1.91 bits per heavy atom. The summed E-state index contributed by atoms with van der Waals surface area (Å²) in [5.74, 6) is 0.274. The molecule has 0 aliphatic heterocycles. The smallest absolute Gasteiger partial charge is 0.325 e. The number of nitrogens with zero attached hydrogens (tertiary/aromatic N) is 2. The number of carboxylic acid groups (broad SMARTS) is 1. The van der Waals surface area contributed by atoms with E-state index in [1.54, 1.807) is 13.8 Å². The van der Waals surface area contributed by atoms with Crippen molar-refractivity contribution < 1.29 is 9.90 Å². The minimum atomic E-state index is -0.915. The van der Waals surface area contributed by atoms with Crippen molar-refractivity contribution in [3.05, 3.63) is 41.0 Å². The van der Waals surface area contributed by atoms with Gasteiger partial charge in [0.25, 0.3) is 0 Å². The zero-order chi connectivity index (χ0) is 16.6. The van der Waals surface area contributed by atoms with Gasteiger partial charge < -0.3 is 10.4 Å². The van der Waals surface area contributed by atoms with Crippen molar-refractivity contribution in [2.24, 2.45) is 0 Å². The van der Waals surface area contributed by atoms with Crippen molar-refractivity contribution in [2.75, 3.05) is 5.32 Å². The van der Waals surface area contributed by atoms with Gasteiger partial charge in [0.05, 0.1) is 5.39 Å². The van der Waals surface area contributed by atoms with E-state index in [0.29, 0.717) is 11.6 Å². The topological polar surface area (TPSA) is 75.1 Å². The Morgan fingerprint density at radius 1 is 1.22 bits per heavy atom. The van der Waals surface area contributed by atoms with Crippen molar-refractivity contribution >= 4 is 33.3 Å². The summed E-state index contributed by atoms with van der Waals surface area (Å²) in [7, 11) is 0. The highest BCUT2D eigenvalue weighted by molar-refractivity contribution is 7.17. The lowest BCUT2D eigenvalue weighted by atomic mass is 10.0. The van der Waals surface area contributed by atoms with Gasteiger partial charge in [-0.3, -0.25) is 4.79 Å². The van der Waals surface area contributed by atoms with Crippen molar-refractivity contribution in [3.63, 3.8) is 0 Å². The molecule has 5 nitrogen and oxygen atoms in total. The summed E-state index contributed by atoms with van der Waals surface area (Å²) in [5, 5.41) is 15.1. The Kier molecular flexibility index (Phi) is 4.00. The maximum atomic E-state index is 11.2. The molecule has 0 bridgehead atoms. The molecule has 1 aromatic carbocycles. The largest absolute Gasteiger partial charge is 0.480 e. The van der Waals surface area contributed by atoms with Gasteiger partial charge in [-0.05, 0) is 26.3 Å². The molecule has 6 heteroatoms. The van der Waals surface area contributed by atoms with Gasteiger partial charge in [0, 0.05) is 10.9 Å². The van der Waals surface area contributed by atoms with Crippen LogP contribution in [0.15, 0.2) is 29.6 Å². The highest BCUT2D eigenvalue weighted by atomic mass is 32.1. The number of hydrogen-bond donors (Lipinski definition) is 2. The van der Waals surface area contributed by atoms with Crippen LogP contribution in [0.4, 0.5) is 5.82 Å². The Morgan fingerprint density at radius 3 is 2.57 bits per heavy atom. The zero-order valence-corrected chi connectivity index (χ0v) is 13.9. The first-order chi connectivity index (χ1) is 11.0. The maximum Gasteiger partial charge on any atom is 0.325 e. The second kappa shape index (κ2) is 5.96. The summed E-state index contributed by atoms with van der Waals surface area (Å²) in [5.41, 5.74) is 3.28. The lowest BCUT2D eigenvalue weighted by Gasteiger charge is -2.12. The van der Waals surface area contributed by atoms with Crippen LogP contribution in [0.1, 0.15) is 18.3 Å². The highest BCUT2D eigenvalue weighted by Crippen LogP contribution is 2.37. The molecular formula is C17H17N3O2S. The number of hydrogen-bond acceptors (Lipinski definition) is 5. The van der Waals surface area contributed by atoms with Gasteiger partial charge >= 0.3 is 5.97 Å². The SMILES string of the molecule is Cc1ccc(-c2csc3nc(C)nc(NC(C)C(=O)O)c23)cc1. The predicted octanol–water partition coefficient (Wildman–Crippen LogP) is 3.86. The number of benzene rings is 1. The van der Waals surface area contributed by atoms with Crippen LogP contribution in [-0.4, -0.2) is 27.1 Å². The summed E-state index contributed by atoms with van der Waals surface area (Å²) in [4.78, 5) is 20.9. The summed E-state index contributed by atoms with van der Waals surface area (Å²) < 4.78 is 0. The van der Waals surface area contributed by atoms with E-state index in [0.717, 1.165) is 21.3 Å². The molecule has 0 spiro atoms. The molecule has 0 saturated heterocycles. The number of anilines is 1. The molecule has 1 unspecified atom stereocenters. The molecule has 3 aromatic rings. The van der Waals surface area contributed by atoms with Crippen LogP contribution in [0.25, 0.3) is 21.3 Å². The third-order valence-corrected chi connectivity index (χ3v) is 4.50. The van der Waals surface area contributed by atoms with E-state index in [2.05, 4.69) is 39.6 Å². The third kappa shape index (κ3) is 3.03. The molecule has 0 amide bonds. The monoisotopic (exact) mass is 327 g/mol. The van der Waals surface area contributed by atoms with Gasteiger partial charge in [-0.2, -0.15) is 0 Å². The molecule has 0 saturated carbocycles. The number of carbonyl (C=O) groups is 1. The molecule has 0 aliphatic rings. The van der Waals surface area contributed by atoms with Crippen LogP contribution in [-0.2, 0) is 4.79 Å². The Labute approximate surface area is 138 Å². The fourth-order valence-electron chi connectivity index (χ4n) is 2.37. The molecule has 3 rings (SSSR count). The molecule has 0 aliphatic carbocycles. The van der Waals surface area contributed by atoms with Gasteiger partial charge in [0.1, 0.15) is 22.5 Å². The average molecular weight is 327 g/mol. The summed E-state index contributed by atoms with van der Waals surface area (Å²) >= 11 is 1.54. The normalized spacial score (nSPS) is 12.3. The van der Waals surface area contributed by atoms with Crippen LogP contribution in [0, 0.1) is 13.8 Å². The Hall–Kier alpha value is -2.47. The van der Waals surface area contributed by atoms with E-state index < -0.39 is 12.0 Å².